The van der Waals surface area contributed by atoms with E-state index in [1.54, 1.807) is 35.7 Å². The molecule has 0 unspecified atom stereocenters. The van der Waals surface area contributed by atoms with Gasteiger partial charge in [-0.15, -0.1) is 11.3 Å². The van der Waals surface area contributed by atoms with Crippen molar-refractivity contribution >= 4 is 57.5 Å². The van der Waals surface area contributed by atoms with Gasteiger partial charge in [0, 0.05) is 6.08 Å². The maximum atomic E-state index is 12.2. The number of hydrogen-bond donors (Lipinski definition) is 1. The van der Waals surface area contributed by atoms with Crippen LogP contribution in [0.3, 0.4) is 0 Å². The fraction of sp³-hybridized carbons (Fsp3) is 0. The van der Waals surface area contributed by atoms with Crippen LogP contribution in [0, 0.1) is 0 Å². The molecule has 1 aliphatic rings. The van der Waals surface area contributed by atoms with Crippen LogP contribution in [0.2, 0.25) is 0 Å². The van der Waals surface area contributed by atoms with Crippen molar-refractivity contribution in [3.63, 3.8) is 0 Å². The molecule has 0 aliphatic carbocycles. The second-order valence-electron chi connectivity index (χ2n) is 3.95. The molecule has 0 spiro atoms. The summed E-state index contributed by atoms with van der Waals surface area (Å²) >= 11 is 7.53. The number of thioether (sulfide) groups is 1. The average Bonchev–Trinajstić information content (AvgIpc) is 3.18. The Bertz CT molecular complexity index is 720. The number of carbonyl (C=O) groups is 2. The highest BCUT2D eigenvalue weighted by atomic mass is 32.2. The predicted molar refractivity (Wildman–Crippen MR) is 85.5 cm³/mol. The molecule has 1 saturated heterocycles. The van der Waals surface area contributed by atoms with Crippen molar-refractivity contribution in [2.75, 3.05) is 0 Å². The molecule has 2 aromatic rings. The number of amides is 2. The number of carbonyl (C=O) groups excluding carboxylic acids is 2. The third-order valence-electron chi connectivity index (χ3n) is 2.57. The standard InChI is InChI=1S/C13H8N2O3S3/c16-11(9-4-2-6-20-9)14-15-12(17)10(21-13(15)19)7-8-3-1-5-18-8/h1-7H,(H,14,16)/b10-7+. The summed E-state index contributed by atoms with van der Waals surface area (Å²) in [6.07, 6.45) is 3.11. The van der Waals surface area contributed by atoms with Gasteiger partial charge in [-0.1, -0.05) is 17.8 Å². The first kappa shape index (κ1) is 14.1. The minimum atomic E-state index is -0.369. The summed E-state index contributed by atoms with van der Waals surface area (Å²) < 4.78 is 5.45. The van der Waals surface area contributed by atoms with Gasteiger partial charge < -0.3 is 4.42 Å². The van der Waals surface area contributed by atoms with Crippen molar-refractivity contribution in [2.24, 2.45) is 0 Å². The molecule has 1 aliphatic heterocycles. The van der Waals surface area contributed by atoms with Crippen molar-refractivity contribution in [1.29, 1.82) is 0 Å². The van der Waals surface area contributed by atoms with Gasteiger partial charge in [0.2, 0.25) is 0 Å². The van der Waals surface area contributed by atoms with Gasteiger partial charge in [0.25, 0.3) is 11.8 Å². The summed E-state index contributed by atoms with van der Waals surface area (Å²) in [6.45, 7) is 0. The molecule has 1 fully saturated rings. The van der Waals surface area contributed by atoms with Crippen molar-refractivity contribution in [3.05, 3.63) is 51.5 Å². The molecule has 0 saturated carbocycles. The second-order valence-corrected chi connectivity index (χ2v) is 6.57. The van der Waals surface area contributed by atoms with Crippen LogP contribution in [0.4, 0.5) is 0 Å². The largest absolute Gasteiger partial charge is 0.465 e. The number of hydrazine groups is 1. The summed E-state index contributed by atoms with van der Waals surface area (Å²) in [5, 5.41) is 2.87. The lowest BCUT2D eigenvalue weighted by molar-refractivity contribution is -0.123. The molecule has 21 heavy (non-hydrogen) atoms. The topological polar surface area (TPSA) is 62.6 Å². The number of rotatable bonds is 3. The van der Waals surface area contributed by atoms with Crippen LogP contribution in [0.25, 0.3) is 6.08 Å². The van der Waals surface area contributed by atoms with E-state index in [9.17, 15) is 9.59 Å². The second kappa shape index (κ2) is 5.84. The average molecular weight is 336 g/mol. The molecule has 0 radical (unpaired) electrons. The van der Waals surface area contributed by atoms with Crippen molar-refractivity contribution in [1.82, 2.24) is 10.4 Å². The zero-order valence-electron chi connectivity index (χ0n) is 10.4. The number of hydrogen-bond acceptors (Lipinski definition) is 6. The monoisotopic (exact) mass is 336 g/mol. The van der Waals surface area contributed by atoms with E-state index in [1.807, 2.05) is 0 Å². The van der Waals surface area contributed by atoms with Gasteiger partial charge in [0.05, 0.1) is 16.0 Å². The van der Waals surface area contributed by atoms with E-state index in [0.717, 1.165) is 16.8 Å². The maximum Gasteiger partial charge on any atom is 0.285 e. The molecule has 0 aromatic carbocycles. The highest BCUT2D eigenvalue weighted by molar-refractivity contribution is 8.26. The molecule has 1 N–H and O–H groups in total. The smallest absolute Gasteiger partial charge is 0.285 e. The van der Waals surface area contributed by atoms with Gasteiger partial charge in [0.15, 0.2) is 4.32 Å². The Balaban J connectivity index is 1.77. The van der Waals surface area contributed by atoms with Gasteiger partial charge >= 0.3 is 0 Å². The van der Waals surface area contributed by atoms with E-state index in [-0.39, 0.29) is 16.1 Å². The Morgan fingerprint density at radius 1 is 1.38 bits per heavy atom. The third-order valence-corrected chi connectivity index (χ3v) is 4.74. The summed E-state index contributed by atoms with van der Waals surface area (Å²) in [5.74, 6) is -0.174. The minimum Gasteiger partial charge on any atom is -0.465 e. The Morgan fingerprint density at radius 2 is 2.24 bits per heavy atom. The molecule has 5 nitrogen and oxygen atoms in total. The van der Waals surface area contributed by atoms with Gasteiger partial charge in [-0.25, -0.2) is 0 Å². The number of nitrogens with zero attached hydrogens (tertiary/aromatic N) is 1. The molecule has 2 amide bonds. The van der Waals surface area contributed by atoms with E-state index in [4.69, 9.17) is 16.6 Å². The first-order valence-electron chi connectivity index (χ1n) is 5.81. The SMILES string of the molecule is O=C(NN1C(=O)/C(=C\c2ccco2)SC1=S)c1cccs1. The van der Waals surface area contributed by atoms with Crippen LogP contribution < -0.4 is 5.43 Å². The van der Waals surface area contributed by atoms with Gasteiger partial charge in [0.1, 0.15) is 5.76 Å². The number of nitrogens with one attached hydrogen (secondary N) is 1. The van der Waals surface area contributed by atoms with E-state index < -0.39 is 0 Å². The summed E-state index contributed by atoms with van der Waals surface area (Å²) in [4.78, 5) is 25.1. The van der Waals surface area contributed by atoms with Crippen LogP contribution in [-0.4, -0.2) is 21.1 Å². The number of furan rings is 1. The Labute approximate surface area is 133 Å². The predicted octanol–water partition coefficient (Wildman–Crippen LogP) is 2.89. The van der Waals surface area contributed by atoms with Crippen molar-refractivity contribution < 1.29 is 14.0 Å². The maximum absolute atomic E-state index is 12.2. The van der Waals surface area contributed by atoms with Crippen LogP contribution in [-0.2, 0) is 4.79 Å². The molecule has 106 valence electrons. The zero-order valence-corrected chi connectivity index (χ0v) is 12.9. The molecule has 3 rings (SSSR count). The van der Waals surface area contributed by atoms with Crippen LogP contribution in [0.5, 0.6) is 0 Å². The lowest BCUT2D eigenvalue weighted by Gasteiger charge is -2.14. The van der Waals surface area contributed by atoms with E-state index in [2.05, 4.69) is 5.43 Å². The summed E-state index contributed by atoms with van der Waals surface area (Å²) in [5.41, 5.74) is 2.51. The van der Waals surface area contributed by atoms with Gasteiger partial charge in [-0.05, 0) is 35.8 Å². The van der Waals surface area contributed by atoms with Crippen LogP contribution in [0.1, 0.15) is 15.4 Å². The molecule has 0 bridgehead atoms. The van der Waals surface area contributed by atoms with Gasteiger partial charge in [-0.3, -0.25) is 15.0 Å². The summed E-state index contributed by atoms with van der Waals surface area (Å²) in [7, 11) is 0. The molecule has 0 atom stereocenters. The highest BCUT2D eigenvalue weighted by Crippen LogP contribution is 2.31. The lowest BCUT2D eigenvalue weighted by Crippen LogP contribution is -2.44. The quantitative estimate of drug-likeness (QED) is 0.690. The summed E-state index contributed by atoms with van der Waals surface area (Å²) in [6, 6.07) is 6.90. The first-order chi connectivity index (χ1) is 10.1. The lowest BCUT2D eigenvalue weighted by atomic mass is 10.4. The Hall–Kier alpha value is -1.90. The molecular weight excluding hydrogens is 328 g/mol. The van der Waals surface area contributed by atoms with Crippen LogP contribution >= 0.6 is 35.3 Å². The fourth-order valence-electron chi connectivity index (χ4n) is 1.63. The zero-order chi connectivity index (χ0) is 14.8. The highest BCUT2D eigenvalue weighted by Gasteiger charge is 2.34. The number of thiophene rings is 1. The Kier molecular flexibility index (Phi) is 3.91. The Morgan fingerprint density at radius 3 is 2.90 bits per heavy atom. The van der Waals surface area contributed by atoms with Crippen molar-refractivity contribution in [2.45, 2.75) is 0 Å². The molecule has 3 heterocycles. The number of thiocarbonyl (C=S) groups is 1. The third kappa shape index (κ3) is 2.92. The van der Waals surface area contributed by atoms with Crippen LogP contribution in [0.15, 0.2) is 45.2 Å². The first-order valence-corrected chi connectivity index (χ1v) is 7.91. The van der Waals surface area contributed by atoms with Crippen molar-refractivity contribution in [3.8, 4) is 0 Å². The normalized spacial score (nSPS) is 16.8. The van der Waals surface area contributed by atoms with E-state index in [1.165, 1.54) is 17.6 Å². The van der Waals surface area contributed by atoms with Gasteiger partial charge in [-0.2, -0.15) is 5.01 Å². The molecule has 2 aromatic heterocycles. The minimum absolute atomic E-state index is 0.280. The molecular formula is C13H8N2O3S3. The van der Waals surface area contributed by atoms with E-state index >= 15 is 0 Å². The molecule has 8 heteroatoms. The fourth-order valence-corrected chi connectivity index (χ4v) is 3.40. The van der Waals surface area contributed by atoms with E-state index in [0.29, 0.717) is 15.5 Å².